The molecule has 3 nitrogen and oxygen atoms in total. The second-order valence-corrected chi connectivity index (χ2v) is 5.27. The van der Waals surface area contributed by atoms with Crippen LogP contribution >= 0.6 is 0 Å². The van der Waals surface area contributed by atoms with Gasteiger partial charge in [0.2, 0.25) is 0 Å². The molecule has 0 bridgehead atoms. The molecule has 0 aromatic carbocycles. The summed E-state index contributed by atoms with van der Waals surface area (Å²) in [5.41, 5.74) is 0. The molecule has 0 aromatic heterocycles. The number of unbranched alkanes of at least 4 members (excludes halogenated alkanes) is 6. The summed E-state index contributed by atoms with van der Waals surface area (Å²) in [7, 11) is 0. The molecule has 0 saturated carbocycles. The van der Waals surface area contributed by atoms with Gasteiger partial charge in [-0.25, -0.2) is 4.79 Å². The van der Waals surface area contributed by atoms with Gasteiger partial charge in [-0.15, -0.1) is 0 Å². The van der Waals surface area contributed by atoms with Crippen LogP contribution in [0.15, 0.2) is 24.3 Å². The summed E-state index contributed by atoms with van der Waals surface area (Å²) in [6.07, 6.45) is 17.4. The first-order valence-electron chi connectivity index (χ1n) is 7.91. The number of allylic oxidation sites excluding steroid dienone is 3. The third kappa shape index (κ3) is 15.0. The standard InChI is InChI=1S/C17H30O3/c1-2-3-10-13-16(18)14-11-8-6-4-5-7-9-12-15-17(19)20/h7,9,12,15-16,18H,2-6,8,10-11,13-14H2,1H3,(H,19,20)/b9-7+,15-12+. The van der Waals surface area contributed by atoms with E-state index in [0.717, 1.165) is 44.6 Å². The number of hydrogen-bond acceptors (Lipinski definition) is 2. The zero-order valence-corrected chi connectivity index (χ0v) is 12.8. The van der Waals surface area contributed by atoms with E-state index >= 15 is 0 Å². The highest BCUT2D eigenvalue weighted by Crippen LogP contribution is 2.12. The van der Waals surface area contributed by atoms with Gasteiger partial charge in [-0.1, -0.05) is 63.7 Å². The molecule has 0 radical (unpaired) electrons. The van der Waals surface area contributed by atoms with Crippen molar-refractivity contribution in [2.45, 2.75) is 77.2 Å². The van der Waals surface area contributed by atoms with Gasteiger partial charge in [0.05, 0.1) is 6.10 Å². The Labute approximate surface area is 123 Å². The Morgan fingerprint density at radius 2 is 1.65 bits per heavy atom. The number of rotatable bonds is 13. The van der Waals surface area contributed by atoms with Crippen LogP contribution in [0.1, 0.15) is 71.1 Å². The van der Waals surface area contributed by atoms with Crippen LogP contribution in [0, 0.1) is 0 Å². The predicted molar refractivity (Wildman–Crippen MR) is 83.8 cm³/mol. The molecule has 0 amide bonds. The maximum absolute atomic E-state index is 10.2. The molecule has 0 aliphatic carbocycles. The van der Waals surface area contributed by atoms with Crippen LogP contribution in [-0.4, -0.2) is 22.3 Å². The van der Waals surface area contributed by atoms with Crippen LogP contribution in [-0.2, 0) is 4.79 Å². The van der Waals surface area contributed by atoms with Crippen molar-refractivity contribution >= 4 is 5.97 Å². The fraction of sp³-hybridized carbons (Fsp3) is 0.706. The summed E-state index contributed by atoms with van der Waals surface area (Å²) in [6, 6.07) is 0. The number of carboxylic acid groups (broad SMARTS) is 1. The van der Waals surface area contributed by atoms with Gasteiger partial charge >= 0.3 is 5.97 Å². The molecule has 0 aliphatic rings. The topological polar surface area (TPSA) is 57.5 Å². The lowest BCUT2D eigenvalue weighted by atomic mass is 10.0. The maximum atomic E-state index is 10.2. The highest BCUT2D eigenvalue weighted by atomic mass is 16.4. The van der Waals surface area contributed by atoms with Crippen LogP contribution < -0.4 is 0 Å². The highest BCUT2D eigenvalue weighted by Gasteiger charge is 2.02. The number of carboxylic acids is 1. The van der Waals surface area contributed by atoms with E-state index < -0.39 is 5.97 Å². The first-order chi connectivity index (χ1) is 9.66. The molecule has 1 unspecified atom stereocenters. The fourth-order valence-electron chi connectivity index (χ4n) is 2.08. The van der Waals surface area contributed by atoms with Gasteiger partial charge in [0, 0.05) is 6.08 Å². The van der Waals surface area contributed by atoms with Crippen molar-refractivity contribution in [2.24, 2.45) is 0 Å². The Kier molecular flexibility index (Phi) is 13.5. The number of carbonyl (C=O) groups is 1. The predicted octanol–water partition coefficient (Wildman–Crippen LogP) is 4.47. The minimum atomic E-state index is -0.910. The van der Waals surface area contributed by atoms with E-state index in [9.17, 15) is 9.90 Å². The molecule has 0 rings (SSSR count). The summed E-state index contributed by atoms with van der Waals surface area (Å²) in [5.74, 6) is -0.910. The minimum Gasteiger partial charge on any atom is -0.478 e. The van der Waals surface area contributed by atoms with Crippen molar-refractivity contribution in [3.8, 4) is 0 Å². The Morgan fingerprint density at radius 3 is 2.30 bits per heavy atom. The largest absolute Gasteiger partial charge is 0.478 e. The summed E-state index contributed by atoms with van der Waals surface area (Å²) in [4.78, 5) is 10.2. The Morgan fingerprint density at radius 1 is 1.00 bits per heavy atom. The molecule has 0 aromatic rings. The van der Waals surface area contributed by atoms with Gasteiger partial charge in [0.25, 0.3) is 0 Å². The SMILES string of the molecule is CCCCCC(O)CCCCCC/C=C/C=C/C(=O)O. The molecule has 0 aliphatic heterocycles. The fourth-order valence-corrected chi connectivity index (χ4v) is 2.08. The van der Waals surface area contributed by atoms with Crippen molar-refractivity contribution in [3.63, 3.8) is 0 Å². The molecule has 2 N–H and O–H groups in total. The quantitative estimate of drug-likeness (QED) is 0.298. The second-order valence-electron chi connectivity index (χ2n) is 5.27. The van der Waals surface area contributed by atoms with Crippen LogP contribution in [0.4, 0.5) is 0 Å². The minimum absolute atomic E-state index is 0.109. The van der Waals surface area contributed by atoms with Crippen LogP contribution in [0.2, 0.25) is 0 Å². The van der Waals surface area contributed by atoms with E-state index in [1.54, 1.807) is 12.2 Å². The van der Waals surface area contributed by atoms with E-state index in [2.05, 4.69) is 6.92 Å². The molecule has 0 fully saturated rings. The normalized spacial score (nSPS) is 13.3. The zero-order chi connectivity index (χ0) is 15.1. The molecular weight excluding hydrogens is 252 g/mol. The Hall–Kier alpha value is -1.09. The van der Waals surface area contributed by atoms with Crippen molar-refractivity contribution in [1.82, 2.24) is 0 Å². The smallest absolute Gasteiger partial charge is 0.328 e. The van der Waals surface area contributed by atoms with Gasteiger partial charge in [-0.05, 0) is 25.7 Å². The Balaban J connectivity index is 3.29. The molecule has 0 saturated heterocycles. The monoisotopic (exact) mass is 282 g/mol. The van der Waals surface area contributed by atoms with E-state index in [0.29, 0.717) is 0 Å². The van der Waals surface area contributed by atoms with Gasteiger partial charge in [-0.3, -0.25) is 0 Å². The summed E-state index contributed by atoms with van der Waals surface area (Å²) in [6.45, 7) is 2.18. The molecule has 0 heterocycles. The van der Waals surface area contributed by atoms with Gasteiger partial charge < -0.3 is 10.2 Å². The lowest BCUT2D eigenvalue weighted by Gasteiger charge is -2.09. The van der Waals surface area contributed by atoms with E-state index in [-0.39, 0.29) is 6.10 Å². The van der Waals surface area contributed by atoms with Gasteiger partial charge in [-0.2, -0.15) is 0 Å². The van der Waals surface area contributed by atoms with Gasteiger partial charge in [0.15, 0.2) is 0 Å². The molecule has 1 atom stereocenters. The molecule has 3 heteroatoms. The number of aliphatic hydroxyl groups excluding tert-OH is 1. The van der Waals surface area contributed by atoms with Crippen LogP contribution in [0.25, 0.3) is 0 Å². The maximum Gasteiger partial charge on any atom is 0.328 e. The Bertz CT molecular complexity index is 282. The molecule has 116 valence electrons. The van der Waals surface area contributed by atoms with Crippen LogP contribution in [0.3, 0.4) is 0 Å². The van der Waals surface area contributed by atoms with E-state index in [4.69, 9.17) is 5.11 Å². The molecular formula is C17H30O3. The third-order valence-corrected chi connectivity index (χ3v) is 3.29. The van der Waals surface area contributed by atoms with Gasteiger partial charge in [0.1, 0.15) is 0 Å². The van der Waals surface area contributed by atoms with Crippen molar-refractivity contribution in [3.05, 3.63) is 24.3 Å². The van der Waals surface area contributed by atoms with Crippen molar-refractivity contribution < 1.29 is 15.0 Å². The summed E-state index contributed by atoms with van der Waals surface area (Å²) >= 11 is 0. The lowest BCUT2D eigenvalue weighted by molar-refractivity contribution is -0.131. The zero-order valence-electron chi connectivity index (χ0n) is 12.8. The molecule has 20 heavy (non-hydrogen) atoms. The summed E-state index contributed by atoms with van der Waals surface area (Å²) in [5, 5.41) is 18.1. The first kappa shape index (κ1) is 18.9. The summed E-state index contributed by atoms with van der Waals surface area (Å²) < 4.78 is 0. The lowest BCUT2D eigenvalue weighted by Crippen LogP contribution is -2.05. The average molecular weight is 282 g/mol. The first-order valence-corrected chi connectivity index (χ1v) is 7.91. The average Bonchev–Trinajstić information content (AvgIpc) is 2.41. The van der Waals surface area contributed by atoms with E-state index in [1.807, 2.05) is 6.08 Å². The van der Waals surface area contributed by atoms with E-state index in [1.165, 1.54) is 25.7 Å². The highest BCUT2D eigenvalue weighted by molar-refractivity contribution is 5.80. The number of aliphatic carboxylic acids is 1. The molecule has 0 spiro atoms. The number of hydrogen-bond donors (Lipinski definition) is 2. The van der Waals surface area contributed by atoms with Crippen molar-refractivity contribution in [1.29, 1.82) is 0 Å². The van der Waals surface area contributed by atoms with Crippen molar-refractivity contribution in [2.75, 3.05) is 0 Å². The number of aliphatic hydroxyl groups is 1. The third-order valence-electron chi connectivity index (χ3n) is 3.29. The van der Waals surface area contributed by atoms with Crippen LogP contribution in [0.5, 0.6) is 0 Å². The second kappa shape index (κ2) is 14.3.